The predicted molar refractivity (Wildman–Crippen MR) is 151 cm³/mol. The van der Waals surface area contributed by atoms with Gasteiger partial charge in [0.05, 0.1) is 18.4 Å². The molecule has 1 N–H and O–H groups in total. The third-order valence-electron chi connectivity index (χ3n) is 7.32. The molecular weight excluding hydrogens is 464 g/mol. The number of piperidine rings is 1. The van der Waals surface area contributed by atoms with Crippen molar-refractivity contribution in [1.82, 2.24) is 4.90 Å². The fourth-order valence-corrected chi connectivity index (χ4v) is 5.21. The smallest absolute Gasteiger partial charge is 0.256 e. The summed E-state index contributed by atoms with van der Waals surface area (Å²) in [5, 5.41) is 3.02. The fraction of sp³-hybridized carbons (Fsp3) is 0.533. The zero-order valence-corrected chi connectivity index (χ0v) is 23.0. The Kier molecular flexibility index (Phi) is 8.30. The van der Waals surface area contributed by atoms with Crippen LogP contribution in [0.1, 0.15) is 57.3 Å². The van der Waals surface area contributed by atoms with Gasteiger partial charge in [-0.15, -0.1) is 0 Å². The molecule has 2 saturated heterocycles. The second kappa shape index (κ2) is 11.4. The highest BCUT2D eigenvalue weighted by molar-refractivity contribution is 6.02. The number of carbonyl (C=O) groups excluding carboxylic acids is 2. The molecule has 0 radical (unpaired) electrons. The number of methoxy groups -OCH3 is 1. The van der Waals surface area contributed by atoms with Crippen LogP contribution in [0, 0.1) is 11.3 Å². The number of benzene rings is 2. The summed E-state index contributed by atoms with van der Waals surface area (Å²) >= 11 is 0. The molecule has 4 rings (SSSR count). The Morgan fingerprint density at radius 2 is 1.54 bits per heavy atom. The van der Waals surface area contributed by atoms with Gasteiger partial charge in [-0.2, -0.15) is 0 Å². The summed E-state index contributed by atoms with van der Waals surface area (Å²) < 4.78 is 5.57. The first-order chi connectivity index (χ1) is 17.6. The highest BCUT2D eigenvalue weighted by Gasteiger charge is 2.28. The van der Waals surface area contributed by atoms with E-state index in [-0.39, 0.29) is 17.2 Å². The Bertz CT molecular complexity index is 1090. The third-order valence-corrected chi connectivity index (χ3v) is 7.32. The van der Waals surface area contributed by atoms with Crippen LogP contribution >= 0.6 is 0 Å². The number of para-hydroxylation sites is 2. The van der Waals surface area contributed by atoms with Crippen molar-refractivity contribution >= 4 is 28.9 Å². The molecule has 0 saturated carbocycles. The molecule has 0 spiro atoms. The van der Waals surface area contributed by atoms with E-state index in [0.29, 0.717) is 23.6 Å². The molecule has 7 nitrogen and oxygen atoms in total. The average Bonchev–Trinajstić information content (AvgIpc) is 2.87. The number of ether oxygens (including phenoxy) is 1. The van der Waals surface area contributed by atoms with Gasteiger partial charge in [-0.3, -0.25) is 9.59 Å². The Balaban J connectivity index is 1.55. The van der Waals surface area contributed by atoms with Crippen LogP contribution < -0.4 is 19.9 Å². The summed E-state index contributed by atoms with van der Waals surface area (Å²) in [5.74, 6) is 1.55. The topological polar surface area (TPSA) is 65.1 Å². The van der Waals surface area contributed by atoms with E-state index >= 15 is 0 Å². The molecule has 0 aromatic heterocycles. The average molecular weight is 507 g/mol. The number of likely N-dealkylation sites (tertiary alicyclic amines) is 1. The van der Waals surface area contributed by atoms with Crippen molar-refractivity contribution in [2.24, 2.45) is 11.3 Å². The lowest BCUT2D eigenvalue weighted by molar-refractivity contribution is -0.117. The molecule has 2 heterocycles. The minimum atomic E-state index is -0.103. The summed E-state index contributed by atoms with van der Waals surface area (Å²) in [5.41, 5.74) is 3.29. The molecule has 2 aromatic carbocycles. The Hall–Kier alpha value is -3.22. The molecule has 0 unspecified atom stereocenters. The summed E-state index contributed by atoms with van der Waals surface area (Å²) in [6.45, 7) is 13.2. The van der Waals surface area contributed by atoms with Gasteiger partial charge in [-0.25, -0.2) is 0 Å². The number of hydrogen-bond donors (Lipinski definition) is 1. The lowest BCUT2D eigenvalue weighted by Gasteiger charge is -2.39. The van der Waals surface area contributed by atoms with E-state index in [2.05, 4.69) is 28.1 Å². The van der Waals surface area contributed by atoms with E-state index in [0.717, 1.165) is 69.2 Å². The number of anilines is 3. The van der Waals surface area contributed by atoms with E-state index in [1.165, 1.54) is 0 Å². The normalized spacial score (nSPS) is 17.1. The standard InChI is InChI=1S/C30H42N4O3/c1-22-12-14-34(15-13-22)29(36)24-20-23(31-28(35)21-30(2,3)4)10-11-25(24)32-16-18-33(19-17-32)26-8-6-7-9-27(26)37-5/h6-11,20,22H,12-19,21H2,1-5H3,(H,31,35). The molecule has 37 heavy (non-hydrogen) atoms. The van der Waals surface area contributed by atoms with Gasteiger partial charge in [0.1, 0.15) is 5.75 Å². The molecule has 2 amide bonds. The maximum Gasteiger partial charge on any atom is 0.256 e. The predicted octanol–water partition coefficient (Wildman–Crippen LogP) is 5.27. The van der Waals surface area contributed by atoms with Crippen LogP contribution in [0.5, 0.6) is 5.75 Å². The van der Waals surface area contributed by atoms with Gasteiger partial charge >= 0.3 is 0 Å². The molecule has 200 valence electrons. The molecule has 2 fully saturated rings. The molecule has 0 aliphatic carbocycles. The van der Waals surface area contributed by atoms with Crippen LogP contribution in [-0.2, 0) is 4.79 Å². The van der Waals surface area contributed by atoms with Gasteiger partial charge in [0, 0.05) is 57.1 Å². The van der Waals surface area contributed by atoms with E-state index in [1.54, 1.807) is 7.11 Å². The molecule has 0 bridgehead atoms. The van der Waals surface area contributed by atoms with Crippen molar-refractivity contribution in [2.45, 2.75) is 47.0 Å². The number of nitrogens with zero attached hydrogens (tertiary/aromatic N) is 3. The molecule has 2 aliphatic rings. The minimum absolute atomic E-state index is 0.0316. The van der Waals surface area contributed by atoms with Gasteiger partial charge < -0.3 is 24.8 Å². The lowest BCUT2D eigenvalue weighted by atomic mass is 9.92. The summed E-state index contributed by atoms with van der Waals surface area (Å²) in [6, 6.07) is 13.9. The monoisotopic (exact) mass is 506 g/mol. The van der Waals surface area contributed by atoms with Gasteiger partial charge in [0.15, 0.2) is 0 Å². The fourth-order valence-electron chi connectivity index (χ4n) is 5.21. The van der Waals surface area contributed by atoms with Crippen molar-refractivity contribution in [3.05, 3.63) is 48.0 Å². The van der Waals surface area contributed by atoms with Crippen LogP contribution in [-0.4, -0.2) is 63.1 Å². The SMILES string of the molecule is COc1ccccc1N1CCN(c2ccc(NC(=O)CC(C)(C)C)cc2C(=O)N2CCC(C)CC2)CC1. The maximum absolute atomic E-state index is 13.8. The van der Waals surface area contributed by atoms with E-state index in [1.807, 2.05) is 62.1 Å². The number of carbonyl (C=O) groups is 2. The zero-order chi connectivity index (χ0) is 26.6. The minimum Gasteiger partial charge on any atom is -0.495 e. The van der Waals surface area contributed by atoms with Crippen molar-refractivity contribution < 1.29 is 14.3 Å². The Morgan fingerprint density at radius 3 is 2.16 bits per heavy atom. The van der Waals surface area contributed by atoms with Crippen LogP contribution in [0.15, 0.2) is 42.5 Å². The van der Waals surface area contributed by atoms with Crippen molar-refractivity contribution in [1.29, 1.82) is 0 Å². The van der Waals surface area contributed by atoms with Crippen LogP contribution in [0.3, 0.4) is 0 Å². The highest BCUT2D eigenvalue weighted by Crippen LogP contribution is 2.32. The van der Waals surface area contributed by atoms with E-state index in [9.17, 15) is 9.59 Å². The first-order valence-corrected chi connectivity index (χ1v) is 13.5. The zero-order valence-electron chi connectivity index (χ0n) is 23.0. The molecular formula is C30H42N4O3. The van der Waals surface area contributed by atoms with Crippen LogP contribution in [0.25, 0.3) is 0 Å². The van der Waals surface area contributed by atoms with Gasteiger partial charge in [0.2, 0.25) is 5.91 Å². The second-order valence-electron chi connectivity index (χ2n) is 11.6. The molecule has 2 aromatic rings. The molecule has 7 heteroatoms. The van der Waals surface area contributed by atoms with E-state index < -0.39 is 0 Å². The number of hydrogen-bond acceptors (Lipinski definition) is 5. The van der Waals surface area contributed by atoms with Crippen molar-refractivity contribution in [2.75, 3.05) is 61.5 Å². The number of nitrogens with one attached hydrogen (secondary N) is 1. The maximum atomic E-state index is 13.8. The van der Waals surface area contributed by atoms with Gasteiger partial charge in [-0.1, -0.05) is 39.8 Å². The van der Waals surface area contributed by atoms with E-state index in [4.69, 9.17) is 4.74 Å². The molecule has 2 aliphatic heterocycles. The second-order valence-corrected chi connectivity index (χ2v) is 11.6. The van der Waals surface area contributed by atoms with Crippen LogP contribution in [0.2, 0.25) is 0 Å². The Labute approximate surface area is 221 Å². The van der Waals surface area contributed by atoms with Crippen molar-refractivity contribution in [3.63, 3.8) is 0 Å². The van der Waals surface area contributed by atoms with Gasteiger partial charge in [0.25, 0.3) is 5.91 Å². The lowest BCUT2D eigenvalue weighted by Crippen LogP contribution is -2.47. The number of piperazine rings is 1. The van der Waals surface area contributed by atoms with Crippen molar-refractivity contribution in [3.8, 4) is 5.75 Å². The number of amides is 2. The third kappa shape index (κ3) is 6.76. The summed E-state index contributed by atoms with van der Waals surface area (Å²) in [7, 11) is 1.70. The first kappa shape index (κ1) is 26.8. The quantitative estimate of drug-likeness (QED) is 0.578. The molecule has 0 atom stereocenters. The van der Waals surface area contributed by atoms with Crippen LogP contribution in [0.4, 0.5) is 17.1 Å². The summed E-state index contributed by atoms with van der Waals surface area (Å²) in [6.07, 6.45) is 2.48. The first-order valence-electron chi connectivity index (χ1n) is 13.5. The summed E-state index contributed by atoms with van der Waals surface area (Å²) in [4.78, 5) is 33.0. The number of rotatable bonds is 6. The largest absolute Gasteiger partial charge is 0.495 e. The highest BCUT2D eigenvalue weighted by atomic mass is 16.5. The van der Waals surface area contributed by atoms with Gasteiger partial charge in [-0.05, 0) is 54.5 Å². The Morgan fingerprint density at radius 1 is 0.919 bits per heavy atom.